The topological polar surface area (TPSA) is 57.6 Å². The van der Waals surface area contributed by atoms with E-state index in [4.69, 9.17) is 5.11 Å². The summed E-state index contributed by atoms with van der Waals surface area (Å²) in [5.41, 5.74) is 2.70. The average Bonchev–Trinajstić information content (AvgIpc) is 2.33. The molecule has 1 aromatic rings. The van der Waals surface area contributed by atoms with Gasteiger partial charge in [-0.1, -0.05) is 31.5 Å². The Hall–Kier alpha value is -1.84. The van der Waals surface area contributed by atoms with Crippen molar-refractivity contribution in [2.75, 3.05) is 13.1 Å². The van der Waals surface area contributed by atoms with Crippen LogP contribution in [0.25, 0.3) is 0 Å². The van der Waals surface area contributed by atoms with Crippen molar-refractivity contribution >= 4 is 11.9 Å². The molecule has 1 N–H and O–H groups in total. The Morgan fingerprint density at radius 3 is 2.40 bits per heavy atom. The van der Waals surface area contributed by atoms with Crippen molar-refractivity contribution in [3.05, 3.63) is 34.9 Å². The summed E-state index contributed by atoms with van der Waals surface area (Å²) in [4.78, 5) is 24.9. The van der Waals surface area contributed by atoms with E-state index >= 15 is 0 Å². The van der Waals surface area contributed by atoms with E-state index in [1.165, 1.54) is 0 Å². The Morgan fingerprint density at radius 1 is 1.25 bits per heavy atom. The summed E-state index contributed by atoms with van der Waals surface area (Å²) >= 11 is 0. The van der Waals surface area contributed by atoms with Gasteiger partial charge in [0.25, 0.3) is 5.91 Å². The van der Waals surface area contributed by atoms with Crippen LogP contribution in [0.15, 0.2) is 18.2 Å². The van der Waals surface area contributed by atoms with Crippen LogP contribution in [0.2, 0.25) is 0 Å². The number of carbonyl (C=O) groups excluding carboxylic acids is 1. The third-order valence-corrected chi connectivity index (χ3v) is 3.08. The molecule has 0 aliphatic rings. The smallest absolute Gasteiger partial charge is 0.305 e. The fourth-order valence-electron chi connectivity index (χ4n) is 2.17. The van der Waals surface area contributed by atoms with Crippen LogP contribution in [0.1, 0.15) is 41.8 Å². The fourth-order valence-corrected chi connectivity index (χ4v) is 2.17. The molecule has 0 aliphatic heterocycles. The molecule has 0 aliphatic carbocycles. The predicted octanol–water partition coefficient (Wildman–Crippen LogP) is 2.88. The standard InChI is InChI=1S/C16H23NO3/c1-11(2)10-17(8-7-15(18)19)16(20)14-6-5-12(3)9-13(14)4/h5-6,9,11H,7-8,10H2,1-4H3,(H,18,19). The SMILES string of the molecule is Cc1ccc(C(=O)N(CCC(=O)O)CC(C)C)c(C)c1. The van der Waals surface area contributed by atoms with E-state index in [9.17, 15) is 9.59 Å². The second-order valence-corrected chi connectivity index (χ2v) is 5.61. The molecular formula is C16H23NO3. The molecule has 1 aromatic carbocycles. The number of rotatable bonds is 6. The molecular weight excluding hydrogens is 254 g/mol. The number of carboxylic acids is 1. The quantitative estimate of drug-likeness (QED) is 0.869. The van der Waals surface area contributed by atoms with E-state index in [0.29, 0.717) is 18.0 Å². The molecule has 4 nitrogen and oxygen atoms in total. The van der Waals surface area contributed by atoms with Crippen LogP contribution in [0, 0.1) is 19.8 Å². The number of hydrogen-bond donors (Lipinski definition) is 1. The van der Waals surface area contributed by atoms with Crippen molar-refractivity contribution in [1.82, 2.24) is 4.90 Å². The van der Waals surface area contributed by atoms with Crippen LogP contribution in [-0.4, -0.2) is 35.0 Å². The third kappa shape index (κ3) is 4.68. The number of hydrogen-bond acceptors (Lipinski definition) is 2. The van der Waals surface area contributed by atoms with Crippen LogP contribution in [0.5, 0.6) is 0 Å². The molecule has 0 fully saturated rings. The maximum atomic E-state index is 12.6. The largest absolute Gasteiger partial charge is 0.481 e. The first-order valence-electron chi connectivity index (χ1n) is 6.89. The molecule has 0 heterocycles. The number of aryl methyl sites for hydroxylation is 2. The summed E-state index contributed by atoms with van der Waals surface area (Å²) in [6.45, 7) is 8.74. The molecule has 4 heteroatoms. The van der Waals surface area contributed by atoms with E-state index < -0.39 is 5.97 Å². The molecule has 0 saturated heterocycles. The molecule has 0 atom stereocenters. The van der Waals surface area contributed by atoms with Gasteiger partial charge in [-0.25, -0.2) is 0 Å². The number of nitrogens with zero attached hydrogens (tertiary/aromatic N) is 1. The predicted molar refractivity (Wildman–Crippen MR) is 78.9 cm³/mol. The van der Waals surface area contributed by atoms with Gasteiger partial charge in [0, 0.05) is 18.7 Å². The Morgan fingerprint density at radius 2 is 1.90 bits per heavy atom. The Balaban J connectivity index is 2.93. The lowest BCUT2D eigenvalue weighted by atomic mass is 10.0. The second-order valence-electron chi connectivity index (χ2n) is 5.61. The highest BCUT2D eigenvalue weighted by molar-refractivity contribution is 5.95. The van der Waals surface area contributed by atoms with Gasteiger partial charge in [0.1, 0.15) is 0 Å². The van der Waals surface area contributed by atoms with Crippen molar-refractivity contribution in [2.24, 2.45) is 5.92 Å². The first-order chi connectivity index (χ1) is 9.31. The molecule has 110 valence electrons. The van der Waals surface area contributed by atoms with E-state index in [2.05, 4.69) is 0 Å². The van der Waals surface area contributed by atoms with Crippen molar-refractivity contribution in [3.63, 3.8) is 0 Å². The van der Waals surface area contributed by atoms with Crippen LogP contribution in [0.4, 0.5) is 0 Å². The highest BCUT2D eigenvalue weighted by Crippen LogP contribution is 2.14. The van der Waals surface area contributed by atoms with E-state index in [0.717, 1.165) is 11.1 Å². The lowest BCUT2D eigenvalue weighted by molar-refractivity contribution is -0.137. The fraction of sp³-hybridized carbons (Fsp3) is 0.500. The van der Waals surface area contributed by atoms with Gasteiger partial charge in [-0.05, 0) is 31.4 Å². The van der Waals surface area contributed by atoms with Gasteiger partial charge < -0.3 is 10.0 Å². The summed E-state index contributed by atoms with van der Waals surface area (Å²) < 4.78 is 0. The Bertz CT molecular complexity index is 494. The third-order valence-electron chi connectivity index (χ3n) is 3.08. The normalized spacial score (nSPS) is 10.7. The molecule has 0 radical (unpaired) electrons. The maximum absolute atomic E-state index is 12.6. The van der Waals surface area contributed by atoms with Gasteiger partial charge in [-0.15, -0.1) is 0 Å². The second kappa shape index (κ2) is 7.08. The van der Waals surface area contributed by atoms with Gasteiger partial charge in [0.15, 0.2) is 0 Å². The van der Waals surface area contributed by atoms with Gasteiger partial charge in [0.2, 0.25) is 0 Å². The minimum absolute atomic E-state index is 0.0244. The summed E-state index contributed by atoms with van der Waals surface area (Å²) in [5, 5.41) is 8.80. The van der Waals surface area contributed by atoms with Crippen molar-refractivity contribution < 1.29 is 14.7 Å². The summed E-state index contributed by atoms with van der Waals surface area (Å²) in [6, 6.07) is 5.70. The number of carbonyl (C=O) groups is 2. The first-order valence-corrected chi connectivity index (χ1v) is 6.89. The van der Waals surface area contributed by atoms with Gasteiger partial charge >= 0.3 is 5.97 Å². The monoisotopic (exact) mass is 277 g/mol. The van der Waals surface area contributed by atoms with Gasteiger partial charge in [0.05, 0.1) is 6.42 Å². The van der Waals surface area contributed by atoms with E-state index in [1.54, 1.807) is 4.90 Å². The zero-order valence-corrected chi connectivity index (χ0v) is 12.6. The minimum Gasteiger partial charge on any atom is -0.481 e. The molecule has 0 saturated carbocycles. The highest BCUT2D eigenvalue weighted by Gasteiger charge is 2.19. The first kappa shape index (κ1) is 16.2. The zero-order chi connectivity index (χ0) is 15.3. The number of carboxylic acid groups (broad SMARTS) is 1. The molecule has 1 rings (SSSR count). The summed E-state index contributed by atoms with van der Waals surface area (Å²) in [5.74, 6) is -0.664. The van der Waals surface area contributed by atoms with Crippen molar-refractivity contribution in [1.29, 1.82) is 0 Å². The van der Waals surface area contributed by atoms with Crippen LogP contribution >= 0.6 is 0 Å². The Labute approximate surface area is 120 Å². The van der Waals surface area contributed by atoms with Gasteiger partial charge in [-0.2, -0.15) is 0 Å². The van der Waals surface area contributed by atoms with Crippen LogP contribution in [0.3, 0.4) is 0 Å². The number of aliphatic carboxylic acids is 1. The number of amides is 1. The van der Waals surface area contributed by atoms with Gasteiger partial charge in [-0.3, -0.25) is 9.59 Å². The van der Waals surface area contributed by atoms with E-state index in [1.807, 2.05) is 45.9 Å². The molecule has 0 spiro atoms. The molecule has 0 bridgehead atoms. The zero-order valence-electron chi connectivity index (χ0n) is 12.6. The van der Waals surface area contributed by atoms with Crippen molar-refractivity contribution in [3.8, 4) is 0 Å². The highest BCUT2D eigenvalue weighted by atomic mass is 16.4. The van der Waals surface area contributed by atoms with Crippen LogP contribution in [-0.2, 0) is 4.79 Å². The summed E-state index contributed by atoms with van der Waals surface area (Å²) in [6.07, 6.45) is -0.0244. The van der Waals surface area contributed by atoms with Crippen molar-refractivity contribution in [2.45, 2.75) is 34.1 Å². The number of benzene rings is 1. The molecule has 20 heavy (non-hydrogen) atoms. The van der Waals surface area contributed by atoms with E-state index in [-0.39, 0.29) is 18.9 Å². The lowest BCUT2D eigenvalue weighted by Crippen LogP contribution is -2.36. The maximum Gasteiger partial charge on any atom is 0.305 e. The average molecular weight is 277 g/mol. The minimum atomic E-state index is -0.882. The molecule has 1 amide bonds. The van der Waals surface area contributed by atoms with Crippen LogP contribution < -0.4 is 0 Å². The summed E-state index contributed by atoms with van der Waals surface area (Å²) in [7, 11) is 0. The lowest BCUT2D eigenvalue weighted by Gasteiger charge is -2.25. The molecule has 0 aromatic heterocycles. The Kier molecular flexibility index (Phi) is 5.74. The molecule has 0 unspecified atom stereocenters.